The number of carbonyl (C=O) groups is 2. The number of urea groups is 1. The Kier molecular flexibility index (Phi) is 3.34. The van der Waals surface area contributed by atoms with E-state index in [1.165, 1.54) is 9.82 Å². The van der Waals surface area contributed by atoms with Crippen LogP contribution in [0.1, 0.15) is 10.5 Å². The first kappa shape index (κ1) is 14.2. The van der Waals surface area contributed by atoms with Crippen molar-refractivity contribution < 1.29 is 23.1 Å². The van der Waals surface area contributed by atoms with E-state index in [1.54, 1.807) is 4.90 Å². The number of carboxylic acid groups (broad SMARTS) is 1. The summed E-state index contributed by atoms with van der Waals surface area (Å²) in [6, 6.07) is -0.414. The zero-order valence-corrected chi connectivity index (χ0v) is 12.4. The highest BCUT2D eigenvalue weighted by Gasteiger charge is 2.41. The van der Waals surface area contributed by atoms with Crippen LogP contribution in [-0.2, 0) is 10.0 Å². The Hall–Kier alpha value is -1.72. The molecular weight excluding hydrogens is 320 g/mol. The molecule has 2 saturated heterocycles. The largest absolute Gasteiger partial charge is 0.476 e. The molecule has 3 rings (SSSR count). The van der Waals surface area contributed by atoms with E-state index in [4.69, 9.17) is 5.11 Å². The molecule has 1 aromatic heterocycles. The first-order chi connectivity index (χ1) is 9.91. The average molecular weight is 332 g/mol. The molecule has 2 fully saturated rings. The maximum atomic E-state index is 12.6. The second kappa shape index (κ2) is 4.93. The molecule has 1 unspecified atom stereocenters. The molecule has 114 valence electrons. The van der Waals surface area contributed by atoms with Gasteiger partial charge in [-0.2, -0.15) is 4.31 Å². The van der Waals surface area contributed by atoms with Gasteiger partial charge in [0.05, 0.1) is 11.6 Å². The Labute approximate surface area is 124 Å². The maximum Gasteiger partial charge on any atom is 0.356 e. The molecule has 0 saturated carbocycles. The number of amides is 2. The molecule has 11 heteroatoms. The topological polar surface area (TPSA) is 120 Å². The fourth-order valence-corrected chi connectivity index (χ4v) is 5.22. The van der Waals surface area contributed by atoms with E-state index in [2.05, 4.69) is 10.3 Å². The summed E-state index contributed by atoms with van der Waals surface area (Å²) in [7, 11) is -3.91. The Morgan fingerprint density at radius 1 is 1.48 bits per heavy atom. The number of fused-ring (bicyclic) bond motifs is 1. The van der Waals surface area contributed by atoms with Crippen LogP contribution in [0.3, 0.4) is 0 Å². The summed E-state index contributed by atoms with van der Waals surface area (Å²) in [6.45, 7) is 0.970. The Morgan fingerprint density at radius 3 is 2.95 bits per heavy atom. The predicted octanol–water partition coefficient (Wildman–Crippen LogP) is -0.761. The Bertz CT molecular complexity index is 700. The fraction of sp³-hybridized carbons (Fsp3) is 0.500. The van der Waals surface area contributed by atoms with Gasteiger partial charge in [0.25, 0.3) is 10.0 Å². The van der Waals surface area contributed by atoms with Crippen molar-refractivity contribution in [2.45, 2.75) is 10.3 Å². The van der Waals surface area contributed by atoms with Crippen molar-refractivity contribution in [3.8, 4) is 0 Å². The fourth-order valence-electron chi connectivity index (χ4n) is 2.47. The van der Waals surface area contributed by atoms with E-state index in [-0.39, 0.29) is 35.9 Å². The first-order valence-corrected chi connectivity index (χ1v) is 8.44. The number of thiazole rings is 1. The standard InChI is InChI=1S/C10H12N4O5S2/c15-8(16)7-9(20-5-12-7)21(18,19)13-1-2-14-6(4-13)3-11-10(14)17/h5-6H,1-4H2,(H,11,17)(H,15,16). The molecule has 2 aliphatic rings. The monoisotopic (exact) mass is 332 g/mol. The third-order valence-electron chi connectivity index (χ3n) is 3.51. The zero-order chi connectivity index (χ0) is 15.2. The van der Waals surface area contributed by atoms with Crippen molar-refractivity contribution in [3.05, 3.63) is 11.2 Å². The quantitative estimate of drug-likeness (QED) is 0.751. The van der Waals surface area contributed by atoms with Crippen LogP contribution < -0.4 is 5.32 Å². The molecule has 3 heterocycles. The predicted molar refractivity (Wildman–Crippen MR) is 71.7 cm³/mol. The molecule has 2 N–H and O–H groups in total. The lowest BCUT2D eigenvalue weighted by Crippen LogP contribution is -2.53. The van der Waals surface area contributed by atoms with Gasteiger partial charge in [-0.05, 0) is 0 Å². The van der Waals surface area contributed by atoms with Crippen molar-refractivity contribution in [3.63, 3.8) is 0 Å². The van der Waals surface area contributed by atoms with E-state index in [0.29, 0.717) is 6.54 Å². The van der Waals surface area contributed by atoms with Crippen molar-refractivity contribution >= 4 is 33.4 Å². The van der Waals surface area contributed by atoms with Crippen LogP contribution in [0.2, 0.25) is 0 Å². The van der Waals surface area contributed by atoms with Gasteiger partial charge in [0.2, 0.25) is 0 Å². The van der Waals surface area contributed by atoms with E-state index in [0.717, 1.165) is 11.3 Å². The summed E-state index contributed by atoms with van der Waals surface area (Å²) in [5, 5.41) is 11.7. The van der Waals surface area contributed by atoms with E-state index >= 15 is 0 Å². The highest BCUT2D eigenvalue weighted by Crippen LogP contribution is 2.27. The van der Waals surface area contributed by atoms with Gasteiger partial charge in [0.1, 0.15) is 0 Å². The number of sulfonamides is 1. The second-order valence-corrected chi connectivity index (χ2v) is 7.68. The van der Waals surface area contributed by atoms with Gasteiger partial charge in [0.15, 0.2) is 9.90 Å². The van der Waals surface area contributed by atoms with Gasteiger partial charge < -0.3 is 15.3 Å². The van der Waals surface area contributed by atoms with E-state index in [9.17, 15) is 18.0 Å². The number of carbonyl (C=O) groups excluding carboxylic acids is 1. The van der Waals surface area contributed by atoms with Crippen LogP contribution in [0.15, 0.2) is 9.72 Å². The number of carboxylic acids is 1. The molecule has 9 nitrogen and oxygen atoms in total. The van der Waals surface area contributed by atoms with Crippen molar-refractivity contribution in [1.29, 1.82) is 0 Å². The summed E-state index contributed by atoms with van der Waals surface area (Å²) in [5.74, 6) is -1.37. The van der Waals surface area contributed by atoms with Gasteiger partial charge in [-0.1, -0.05) is 0 Å². The van der Waals surface area contributed by atoms with Gasteiger partial charge in [-0.3, -0.25) is 0 Å². The van der Waals surface area contributed by atoms with Crippen LogP contribution >= 0.6 is 11.3 Å². The van der Waals surface area contributed by atoms with Gasteiger partial charge >= 0.3 is 12.0 Å². The number of aromatic carboxylic acids is 1. The third-order valence-corrected chi connectivity index (χ3v) is 6.72. The number of piperazine rings is 1. The molecule has 2 aliphatic heterocycles. The first-order valence-electron chi connectivity index (χ1n) is 6.12. The molecule has 0 bridgehead atoms. The summed E-state index contributed by atoms with van der Waals surface area (Å²) < 4.78 is 26.1. The molecule has 0 spiro atoms. The average Bonchev–Trinajstić information content (AvgIpc) is 3.06. The summed E-state index contributed by atoms with van der Waals surface area (Å²) in [4.78, 5) is 27.7. The van der Waals surface area contributed by atoms with Gasteiger partial charge in [-0.25, -0.2) is 23.0 Å². The second-order valence-electron chi connectivity index (χ2n) is 4.69. The minimum atomic E-state index is -3.91. The Balaban J connectivity index is 1.88. The molecule has 1 aromatic rings. The van der Waals surface area contributed by atoms with Crippen molar-refractivity contribution in [1.82, 2.24) is 19.5 Å². The van der Waals surface area contributed by atoms with Crippen molar-refractivity contribution in [2.75, 3.05) is 26.2 Å². The molecule has 2 amide bonds. The number of nitrogens with one attached hydrogen (secondary N) is 1. The summed E-state index contributed by atoms with van der Waals surface area (Å²) in [5.41, 5.74) is 0.746. The van der Waals surface area contributed by atoms with Crippen LogP contribution in [0.5, 0.6) is 0 Å². The van der Waals surface area contributed by atoms with Crippen LogP contribution in [0.25, 0.3) is 0 Å². The third kappa shape index (κ3) is 2.26. The highest BCUT2D eigenvalue weighted by atomic mass is 32.2. The molecule has 0 aromatic carbocycles. The number of aromatic nitrogens is 1. The van der Waals surface area contributed by atoms with E-state index < -0.39 is 21.7 Å². The summed E-state index contributed by atoms with van der Waals surface area (Å²) >= 11 is 0.787. The normalized spacial score (nSPS) is 23.0. The number of hydrogen-bond donors (Lipinski definition) is 2. The van der Waals surface area contributed by atoms with Crippen LogP contribution in [0.4, 0.5) is 4.79 Å². The lowest BCUT2D eigenvalue weighted by molar-refractivity contribution is 0.0687. The number of hydrogen-bond acceptors (Lipinski definition) is 6. The number of nitrogens with zero attached hydrogens (tertiary/aromatic N) is 3. The minimum Gasteiger partial charge on any atom is -0.476 e. The lowest BCUT2D eigenvalue weighted by Gasteiger charge is -2.35. The van der Waals surface area contributed by atoms with Gasteiger partial charge in [-0.15, -0.1) is 11.3 Å². The Morgan fingerprint density at radius 2 is 2.24 bits per heavy atom. The minimum absolute atomic E-state index is 0.142. The maximum absolute atomic E-state index is 12.6. The zero-order valence-electron chi connectivity index (χ0n) is 10.7. The highest BCUT2D eigenvalue weighted by molar-refractivity contribution is 7.91. The molecule has 0 radical (unpaired) electrons. The molecule has 0 aliphatic carbocycles. The smallest absolute Gasteiger partial charge is 0.356 e. The molecule has 21 heavy (non-hydrogen) atoms. The summed E-state index contributed by atoms with van der Waals surface area (Å²) in [6.07, 6.45) is 0. The van der Waals surface area contributed by atoms with E-state index in [1.807, 2.05) is 0 Å². The van der Waals surface area contributed by atoms with Gasteiger partial charge in [0, 0.05) is 26.2 Å². The van der Waals surface area contributed by atoms with Crippen molar-refractivity contribution in [2.24, 2.45) is 0 Å². The number of rotatable bonds is 3. The van der Waals surface area contributed by atoms with Crippen LogP contribution in [0, 0.1) is 0 Å². The SMILES string of the molecule is O=C(O)c1ncsc1S(=O)(=O)N1CCN2C(=O)NCC2C1. The van der Waals surface area contributed by atoms with Crippen LogP contribution in [-0.4, -0.2) is 71.9 Å². The lowest BCUT2D eigenvalue weighted by atomic mass is 10.2. The molecular formula is C10H12N4O5S2. The molecule has 1 atom stereocenters.